The molecule has 5 aromatic rings. The lowest BCUT2D eigenvalue weighted by molar-refractivity contribution is -0.148. The number of unbranched alkanes of at least 4 members (excludes halogenated alkanes) is 2. The number of carbonyl (C=O) groups excluding carboxylic acids is 5. The van der Waals surface area contributed by atoms with Crippen LogP contribution in [0.1, 0.15) is 41.6 Å². The fourth-order valence-corrected chi connectivity index (χ4v) is 6.94. The molecule has 1 heterocycles. The summed E-state index contributed by atoms with van der Waals surface area (Å²) in [7, 11) is 0. The molecule has 0 saturated carbocycles. The highest BCUT2D eigenvalue weighted by atomic mass is 32.1. The van der Waals surface area contributed by atoms with E-state index in [2.05, 4.69) is 41.8 Å². The highest BCUT2D eigenvalue weighted by molar-refractivity contribution is 7.22. The molecule has 2 unspecified atom stereocenters. The van der Waals surface area contributed by atoms with Crippen molar-refractivity contribution in [2.75, 3.05) is 58.3 Å². The second-order valence-electron chi connectivity index (χ2n) is 15.0. The fourth-order valence-electron chi connectivity index (χ4n) is 6.13. The number of ether oxygens (including phenoxy) is 9. The summed E-state index contributed by atoms with van der Waals surface area (Å²) in [6, 6.07) is 26.6. The average Bonchev–Trinajstić information content (AvgIpc) is 3.82. The minimum atomic E-state index is -0.756. The highest BCUT2D eigenvalue weighted by Crippen LogP contribution is 2.29. The number of hydrazone groups is 1. The van der Waals surface area contributed by atoms with Gasteiger partial charge in [-0.25, -0.2) is 29.0 Å². The Morgan fingerprint density at radius 3 is 1.68 bits per heavy atom. The summed E-state index contributed by atoms with van der Waals surface area (Å²) >= 11 is 1.44. The molecule has 2 atom stereocenters. The first-order valence-corrected chi connectivity index (χ1v) is 23.3. The van der Waals surface area contributed by atoms with Crippen molar-refractivity contribution in [2.45, 2.75) is 37.9 Å². The number of esters is 5. The molecule has 0 fully saturated rings. The van der Waals surface area contributed by atoms with Gasteiger partial charge in [0.05, 0.1) is 48.4 Å². The molecule has 5 rings (SSSR count). The smallest absolute Gasteiger partial charge is 0.343 e. The first-order valence-electron chi connectivity index (χ1n) is 22.4. The first kappa shape index (κ1) is 54.0. The van der Waals surface area contributed by atoms with Gasteiger partial charge in [0.1, 0.15) is 30.5 Å². The average molecular weight is 990 g/mol. The summed E-state index contributed by atoms with van der Waals surface area (Å²) < 4.78 is 50.9. The zero-order chi connectivity index (χ0) is 50.6. The van der Waals surface area contributed by atoms with E-state index in [1.807, 2.05) is 42.5 Å². The van der Waals surface area contributed by atoms with Gasteiger partial charge in [-0.1, -0.05) is 68.0 Å². The van der Waals surface area contributed by atoms with Crippen LogP contribution in [-0.4, -0.2) is 106 Å². The van der Waals surface area contributed by atoms with Gasteiger partial charge in [0.25, 0.3) is 0 Å². The van der Waals surface area contributed by atoms with Gasteiger partial charge in [-0.15, -0.1) is 0 Å². The van der Waals surface area contributed by atoms with Gasteiger partial charge in [-0.2, -0.15) is 5.10 Å². The molecule has 1 N–H and O–H groups in total. The topological polar surface area (TPSA) is 206 Å². The van der Waals surface area contributed by atoms with Crippen LogP contribution in [-0.2, 0) is 47.6 Å². The quantitative estimate of drug-likeness (QED) is 0.00814. The van der Waals surface area contributed by atoms with E-state index in [4.69, 9.17) is 42.6 Å². The number of para-hydroxylation sites is 1. The van der Waals surface area contributed by atoms with Gasteiger partial charge < -0.3 is 42.6 Å². The molecular formula is C53H55N3O14S. The zero-order valence-corrected chi connectivity index (χ0v) is 39.9. The molecule has 71 heavy (non-hydrogen) atoms. The van der Waals surface area contributed by atoms with Crippen molar-refractivity contribution in [1.29, 1.82) is 0 Å². The Balaban J connectivity index is 1.22. The maximum Gasteiger partial charge on any atom is 0.343 e. The summed E-state index contributed by atoms with van der Waals surface area (Å²) in [6.45, 7) is 14.9. The van der Waals surface area contributed by atoms with Crippen LogP contribution in [0, 0.1) is 0 Å². The minimum Gasteiger partial charge on any atom is -0.490 e. The van der Waals surface area contributed by atoms with Gasteiger partial charge >= 0.3 is 29.8 Å². The van der Waals surface area contributed by atoms with Gasteiger partial charge in [0, 0.05) is 43.1 Å². The molecule has 0 aliphatic rings. The van der Waals surface area contributed by atoms with Crippen molar-refractivity contribution in [3.05, 3.63) is 153 Å². The summed E-state index contributed by atoms with van der Waals surface area (Å²) in [5.41, 5.74) is 6.11. The van der Waals surface area contributed by atoms with E-state index < -0.39 is 42.1 Å². The number of thiazole rings is 1. The molecule has 0 aliphatic carbocycles. The van der Waals surface area contributed by atoms with E-state index in [0.717, 1.165) is 45.6 Å². The number of nitrogens with zero attached hydrogens (tertiary/aromatic N) is 2. The molecule has 0 saturated heterocycles. The third kappa shape index (κ3) is 19.2. The standard InChI is InChI=1S/C53H55N3O14S/c1-5-48(57)64-29-13-11-27-62-33-43(68-50(59)7-3)35-66-41-22-17-37(18-23-41)39-21-26-46(40(31-39)32-54-56-53-55-45-15-9-10-16-47(45)71-53)70-52(61)38-19-24-42(25-20-38)67-36-44(69-51(60)8-4)34-63-28-12-14-30-65-49(58)6-2/h5-10,15-26,31-32,43-44H,1-4,11-14,27-30,33-36H2,(H,55,56)/b54-32+. The number of nitrogens with one attached hydrogen (secondary N) is 1. The number of carbonyl (C=O) groups is 5. The second kappa shape index (κ2) is 29.8. The Morgan fingerprint density at radius 1 is 0.606 bits per heavy atom. The maximum absolute atomic E-state index is 13.6. The Kier molecular flexibility index (Phi) is 22.7. The second-order valence-corrected chi connectivity index (χ2v) is 16.0. The molecule has 0 bridgehead atoms. The molecule has 0 aliphatic heterocycles. The van der Waals surface area contributed by atoms with Crippen LogP contribution in [0.15, 0.2) is 147 Å². The van der Waals surface area contributed by atoms with E-state index >= 15 is 0 Å². The van der Waals surface area contributed by atoms with E-state index in [-0.39, 0.29) is 51.0 Å². The van der Waals surface area contributed by atoms with Crippen LogP contribution < -0.4 is 19.6 Å². The Bertz CT molecular complexity index is 2580. The summed E-state index contributed by atoms with van der Waals surface area (Å²) in [5, 5.41) is 5.01. The lowest BCUT2D eigenvalue weighted by atomic mass is 10.0. The maximum atomic E-state index is 13.6. The van der Waals surface area contributed by atoms with Crippen molar-refractivity contribution in [2.24, 2.45) is 5.10 Å². The molecule has 0 radical (unpaired) electrons. The van der Waals surface area contributed by atoms with Crippen molar-refractivity contribution in [1.82, 2.24) is 4.98 Å². The van der Waals surface area contributed by atoms with Gasteiger partial charge in [0.2, 0.25) is 5.13 Å². The summed E-state index contributed by atoms with van der Waals surface area (Å²) in [6.07, 6.45) is 6.79. The van der Waals surface area contributed by atoms with E-state index in [9.17, 15) is 24.0 Å². The predicted molar refractivity (Wildman–Crippen MR) is 268 cm³/mol. The number of benzene rings is 4. The van der Waals surface area contributed by atoms with Crippen LogP contribution in [0.4, 0.5) is 5.13 Å². The van der Waals surface area contributed by atoms with Crippen molar-refractivity contribution >= 4 is 62.7 Å². The predicted octanol–water partition coefficient (Wildman–Crippen LogP) is 8.63. The summed E-state index contributed by atoms with van der Waals surface area (Å²) in [5.74, 6) is -1.72. The first-order chi connectivity index (χ1) is 34.6. The SMILES string of the molecule is C=CC(=O)OCCCCOCC(COc1ccc(C(=O)Oc2ccc(-c3ccc(OCC(COCCCCOC(=O)C=C)OC(=O)C=C)cc3)cc2/C=N/Nc2nc3ccccc3s2)cc1)OC(=O)C=C. The van der Waals surface area contributed by atoms with Crippen molar-refractivity contribution < 1.29 is 66.6 Å². The number of anilines is 1. The van der Waals surface area contributed by atoms with Gasteiger partial charge in [-0.3, -0.25) is 5.43 Å². The van der Waals surface area contributed by atoms with Crippen LogP contribution in [0.5, 0.6) is 17.2 Å². The molecule has 18 heteroatoms. The highest BCUT2D eigenvalue weighted by Gasteiger charge is 2.18. The molecule has 17 nitrogen and oxygen atoms in total. The van der Waals surface area contributed by atoms with Gasteiger partial charge in [0.15, 0.2) is 12.2 Å². The van der Waals surface area contributed by atoms with Crippen molar-refractivity contribution in [3.63, 3.8) is 0 Å². The monoisotopic (exact) mass is 989 g/mol. The molecule has 0 spiro atoms. The van der Waals surface area contributed by atoms with E-state index in [1.54, 1.807) is 48.5 Å². The lowest BCUT2D eigenvalue weighted by Crippen LogP contribution is -2.29. The molecule has 372 valence electrons. The van der Waals surface area contributed by atoms with Crippen LogP contribution in [0.3, 0.4) is 0 Å². The van der Waals surface area contributed by atoms with Crippen molar-refractivity contribution in [3.8, 4) is 28.4 Å². The Labute approximate surface area is 415 Å². The molecular weight excluding hydrogens is 935 g/mol. The van der Waals surface area contributed by atoms with Crippen LogP contribution in [0.2, 0.25) is 0 Å². The number of aromatic nitrogens is 1. The number of fused-ring (bicyclic) bond motifs is 1. The van der Waals surface area contributed by atoms with Crippen LogP contribution in [0.25, 0.3) is 21.3 Å². The summed E-state index contributed by atoms with van der Waals surface area (Å²) in [4.78, 5) is 64.6. The Morgan fingerprint density at radius 2 is 1.13 bits per heavy atom. The lowest BCUT2D eigenvalue weighted by Gasteiger charge is -2.18. The van der Waals surface area contributed by atoms with Gasteiger partial charge in [-0.05, 0) is 97.5 Å². The molecule has 4 aromatic carbocycles. The fraction of sp³-hybridized carbons (Fsp3) is 0.264. The normalized spacial score (nSPS) is 11.7. The van der Waals surface area contributed by atoms with Crippen LogP contribution >= 0.6 is 11.3 Å². The zero-order valence-electron chi connectivity index (χ0n) is 39.0. The third-order valence-corrected chi connectivity index (χ3v) is 10.7. The molecule has 0 amide bonds. The van der Waals surface area contributed by atoms with E-state index in [0.29, 0.717) is 61.1 Å². The molecule has 1 aromatic heterocycles. The van der Waals surface area contributed by atoms with E-state index in [1.165, 1.54) is 17.6 Å². The largest absolute Gasteiger partial charge is 0.490 e. The Hall–Kier alpha value is -7.93. The minimum absolute atomic E-state index is 0.0123. The third-order valence-electron chi connectivity index (χ3n) is 9.71. The number of rotatable bonds is 32. The number of hydrogen-bond donors (Lipinski definition) is 1. The number of hydrogen-bond acceptors (Lipinski definition) is 18.